The van der Waals surface area contributed by atoms with Crippen LogP contribution in [0.4, 0.5) is 0 Å². The van der Waals surface area contributed by atoms with Gasteiger partial charge in [-0.1, -0.05) is 0 Å². The number of carbonyl (C=O) groups excluding carboxylic acids is 6. The zero-order valence-electron chi connectivity index (χ0n) is 22.2. The van der Waals surface area contributed by atoms with Gasteiger partial charge in [0.1, 0.15) is 0 Å². The molecule has 0 saturated carbocycles. The van der Waals surface area contributed by atoms with Crippen molar-refractivity contribution in [3.8, 4) is 0 Å². The largest absolute Gasteiger partial charge is 2.00 e. The number of aliphatic hydroxyl groups is 6. The molecule has 39 heavy (non-hydrogen) atoms. The van der Waals surface area contributed by atoms with E-state index in [1.54, 1.807) is 0 Å². The zero-order valence-corrected chi connectivity index (χ0v) is 28.8. The molecule has 6 unspecified atom stereocenters. The van der Waals surface area contributed by atoms with Crippen molar-refractivity contribution in [2.45, 2.75) is 78.2 Å². The molecule has 0 heterocycles. The minimum Gasteiger partial charge on any atom is -0.547 e. The van der Waals surface area contributed by atoms with Crippen LogP contribution in [0, 0.1) is 0 Å². The second-order valence-electron chi connectivity index (χ2n) is 5.97. The van der Waals surface area contributed by atoms with Gasteiger partial charge in [0.05, 0.1) is 72.4 Å². The Morgan fingerprint density at radius 1 is 0.333 bits per heavy atom. The fourth-order valence-electron chi connectivity index (χ4n) is 0. The molecule has 0 fully saturated rings. The fourth-order valence-corrected chi connectivity index (χ4v) is 0. The van der Waals surface area contributed by atoms with Crippen molar-refractivity contribution in [1.82, 2.24) is 0 Å². The predicted molar refractivity (Wildman–Crippen MR) is 117 cm³/mol. The number of hydrogen-bond donors (Lipinski definition) is 6. The summed E-state index contributed by atoms with van der Waals surface area (Å²) in [5.74, 6) is -8.61. The number of aliphatic hydroxyl groups excluding tert-OH is 6. The van der Waals surface area contributed by atoms with E-state index in [0.717, 1.165) is 41.5 Å². The first-order valence-corrected chi connectivity index (χ1v) is 9.19. The molecule has 216 valence electrons. The summed E-state index contributed by atoms with van der Waals surface area (Å²) in [4.78, 5) is 56.0. The maximum Gasteiger partial charge on any atom is 2.00 e. The summed E-state index contributed by atoms with van der Waals surface area (Å²) in [7, 11) is 0. The van der Waals surface area contributed by atoms with Gasteiger partial charge in [0.2, 0.25) is 0 Å². The molecule has 0 aliphatic carbocycles. The molecule has 0 aliphatic heterocycles. The van der Waals surface area contributed by atoms with Crippen LogP contribution in [0.3, 0.4) is 0 Å². The Labute approximate surface area is 313 Å². The Morgan fingerprint density at radius 3 is 0.359 bits per heavy atom. The van der Waals surface area contributed by atoms with Crippen LogP contribution in [0.15, 0.2) is 0 Å². The number of carboxylic acids is 6. The summed E-state index contributed by atoms with van der Waals surface area (Å²) < 4.78 is 0. The van der Waals surface area contributed by atoms with Crippen molar-refractivity contribution in [2.75, 3.05) is 0 Å². The quantitative estimate of drug-likeness (QED) is 0.145. The molecule has 0 amide bonds. The van der Waals surface area contributed by atoms with Gasteiger partial charge >= 0.3 is 113 Å². The van der Waals surface area contributed by atoms with Gasteiger partial charge in [-0.05, 0) is 41.5 Å². The second kappa shape index (κ2) is 40.5. The van der Waals surface area contributed by atoms with E-state index < -0.39 is 72.4 Å². The van der Waals surface area contributed by atoms with Gasteiger partial charge in [-0.2, -0.15) is 0 Å². The summed E-state index contributed by atoms with van der Waals surface area (Å²) in [5.41, 5.74) is 0. The molecule has 0 bridgehead atoms. The SMILES string of the molecule is CC(O)C(=O)[O-].CC(O)C(=O)[O-].CC(O)C(=O)[O-].CC(O)C(=O)[O-].CC(O)C(=O)[O-].CC(O)C(=O)[O-].[Ca+2].[Ca+2].[Ca+2]. The third-order valence-corrected chi connectivity index (χ3v) is 2.05. The predicted octanol–water partition coefficient (Wildman–Crippen LogP) is -12.4. The molecule has 0 spiro atoms. The van der Waals surface area contributed by atoms with Crippen molar-refractivity contribution in [3.63, 3.8) is 0 Å². The van der Waals surface area contributed by atoms with Gasteiger partial charge < -0.3 is 90.0 Å². The van der Waals surface area contributed by atoms with E-state index in [0.29, 0.717) is 0 Å². The van der Waals surface area contributed by atoms with E-state index >= 15 is 0 Å². The number of hydrogen-bond acceptors (Lipinski definition) is 18. The van der Waals surface area contributed by atoms with Crippen LogP contribution in [0.2, 0.25) is 0 Å². The monoisotopic (exact) mass is 654 g/mol. The Kier molecular flexibility index (Phi) is 65.2. The van der Waals surface area contributed by atoms with Gasteiger partial charge in [-0.3, -0.25) is 0 Å². The van der Waals surface area contributed by atoms with Crippen LogP contribution in [0.25, 0.3) is 0 Å². The van der Waals surface area contributed by atoms with E-state index in [1.807, 2.05) is 0 Å². The van der Waals surface area contributed by atoms with Crippen molar-refractivity contribution < 1.29 is 90.0 Å². The minimum atomic E-state index is -1.44. The van der Waals surface area contributed by atoms with Crippen LogP contribution in [-0.2, 0) is 28.8 Å². The Balaban J connectivity index is -0.0000000390. The second-order valence-corrected chi connectivity index (χ2v) is 5.97. The van der Waals surface area contributed by atoms with Crippen LogP contribution in [0.5, 0.6) is 0 Å². The summed E-state index contributed by atoms with van der Waals surface area (Å²) in [6.07, 6.45) is -8.06. The van der Waals surface area contributed by atoms with Gasteiger partial charge in [0.15, 0.2) is 0 Å². The molecule has 0 aromatic rings. The van der Waals surface area contributed by atoms with Gasteiger partial charge in [-0.25, -0.2) is 0 Å². The summed E-state index contributed by atoms with van der Waals surface area (Å²) in [5, 5.41) is 104. The maximum absolute atomic E-state index is 9.34. The van der Waals surface area contributed by atoms with E-state index in [1.165, 1.54) is 0 Å². The number of carbonyl (C=O) groups is 6. The van der Waals surface area contributed by atoms with Crippen molar-refractivity contribution >= 4 is 149 Å². The molecule has 0 rings (SSSR count). The molecule has 18 nitrogen and oxygen atoms in total. The van der Waals surface area contributed by atoms with Crippen LogP contribution < -0.4 is 30.6 Å². The van der Waals surface area contributed by atoms with Gasteiger partial charge in [-0.15, -0.1) is 0 Å². The molecule has 0 saturated heterocycles. The smallest absolute Gasteiger partial charge is 0.547 e. The van der Waals surface area contributed by atoms with Crippen LogP contribution in [0.1, 0.15) is 41.5 Å². The standard InChI is InChI=1S/6C3H6O3.3Ca/c6*1-2(4)3(5)6;;;/h6*2,4H,1H3,(H,5,6);;;/q;;;;;;3*+2/p-6. The first kappa shape index (κ1) is 62.8. The number of rotatable bonds is 6. The number of aliphatic carboxylic acids is 6. The molecule has 0 radical (unpaired) electrons. The normalized spacial score (nSPS) is 12.6. The van der Waals surface area contributed by atoms with Crippen LogP contribution in [-0.4, -0.2) is 216 Å². The topological polar surface area (TPSA) is 362 Å². The molecule has 0 aliphatic rings. The molecule has 6 atom stereocenters. The van der Waals surface area contributed by atoms with E-state index in [-0.39, 0.29) is 113 Å². The van der Waals surface area contributed by atoms with E-state index in [9.17, 15) is 59.4 Å². The first-order chi connectivity index (χ1) is 15.9. The fraction of sp³-hybridized carbons (Fsp3) is 0.667. The third-order valence-electron chi connectivity index (χ3n) is 2.05. The molecule has 6 N–H and O–H groups in total. The summed E-state index contributed by atoms with van der Waals surface area (Å²) >= 11 is 0. The van der Waals surface area contributed by atoms with Gasteiger partial charge in [0.25, 0.3) is 0 Å². The molecular formula is C18H30Ca3O18. The van der Waals surface area contributed by atoms with Crippen molar-refractivity contribution in [2.24, 2.45) is 0 Å². The summed E-state index contributed by atoms with van der Waals surface area (Å²) in [6.45, 7) is 6.81. The Bertz CT molecular complexity index is 497. The Hall–Kier alpha value is 0.359. The third kappa shape index (κ3) is 85.5. The summed E-state index contributed by atoms with van der Waals surface area (Å²) in [6, 6.07) is 0. The van der Waals surface area contributed by atoms with E-state index in [2.05, 4.69) is 0 Å². The van der Waals surface area contributed by atoms with Crippen molar-refractivity contribution in [1.29, 1.82) is 0 Å². The van der Waals surface area contributed by atoms with Gasteiger partial charge in [0, 0.05) is 0 Å². The van der Waals surface area contributed by atoms with Crippen molar-refractivity contribution in [3.05, 3.63) is 0 Å². The average molecular weight is 655 g/mol. The average Bonchev–Trinajstić information content (AvgIpc) is 2.69. The zero-order chi connectivity index (χ0) is 30.9. The Morgan fingerprint density at radius 2 is 0.359 bits per heavy atom. The first-order valence-electron chi connectivity index (χ1n) is 9.19. The number of carboxylic acid groups (broad SMARTS) is 6. The van der Waals surface area contributed by atoms with E-state index in [4.69, 9.17) is 30.6 Å². The molecule has 21 heteroatoms. The minimum absolute atomic E-state index is 0. The maximum atomic E-state index is 9.34. The molecule has 0 aromatic heterocycles. The van der Waals surface area contributed by atoms with Crippen LogP contribution >= 0.6 is 0 Å². The molecule has 0 aromatic carbocycles. The molecular weight excluding hydrogens is 624 g/mol.